The van der Waals surface area contributed by atoms with Gasteiger partial charge in [-0.1, -0.05) is 6.07 Å². The monoisotopic (exact) mass is 290 g/mol. The molecule has 1 saturated carbocycles. The lowest BCUT2D eigenvalue weighted by Crippen LogP contribution is -2.44. The molecule has 1 N–H and O–H groups in total. The maximum atomic E-state index is 5.98. The smallest absolute Gasteiger partial charge is 0.161 e. The van der Waals surface area contributed by atoms with Gasteiger partial charge in [0.15, 0.2) is 11.5 Å². The van der Waals surface area contributed by atoms with Crippen LogP contribution in [0.3, 0.4) is 0 Å². The first-order valence-corrected chi connectivity index (χ1v) is 8.12. The number of hydrogen-bond acceptors (Lipinski definition) is 4. The van der Waals surface area contributed by atoms with Gasteiger partial charge in [-0.3, -0.25) is 0 Å². The second kappa shape index (κ2) is 7.14. The minimum absolute atomic E-state index is 0.394. The Hall–Kier alpha value is -1.26. The molecule has 4 nitrogen and oxygen atoms in total. The van der Waals surface area contributed by atoms with Gasteiger partial charge in [-0.25, -0.2) is 0 Å². The van der Waals surface area contributed by atoms with Crippen molar-refractivity contribution in [1.29, 1.82) is 0 Å². The fourth-order valence-electron chi connectivity index (χ4n) is 2.86. The van der Waals surface area contributed by atoms with E-state index in [0.29, 0.717) is 6.10 Å². The van der Waals surface area contributed by atoms with Crippen LogP contribution in [0.1, 0.15) is 24.8 Å². The Bertz CT molecular complexity index is 454. The number of ether oxygens (including phenoxy) is 2. The Morgan fingerprint density at radius 3 is 2.67 bits per heavy atom. The molecule has 0 atom stereocenters. The lowest BCUT2D eigenvalue weighted by atomic mass is 9.96. The Morgan fingerprint density at radius 1 is 1.19 bits per heavy atom. The summed E-state index contributed by atoms with van der Waals surface area (Å²) in [4.78, 5) is 2.52. The van der Waals surface area contributed by atoms with Gasteiger partial charge in [-0.15, -0.1) is 0 Å². The molecule has 1 heterocycles. The van der Waals surface area contributed by atoms with Gasteiger partial charge in [0.2, 0.25) is 0 Å². The summed E-state index contributed by atoms with van der Waals surface area (Å²) in [6.07, 6.45) is 5.10. The predicted molar refractivity (Wildman–Crippen MR) is 84.3 cm³/mol. The third-order valence-corrected chi connectivity index (χ3v) is 4.50. The molecule has 0 radical (unpaired) electrons. The number of benzene rings is 1. The second-order valence-electron chi connectivity index (χ2n) is 6.00. The van der Waals surface area contributed by atoms with Crippen molar-refractivity contribution in [3.8, 4) is 11.5 Å². The molecule has 0 spiro atoms. The first kappa shape index (κ1) is 14.7. The van der Waals surface area contributed by atoms with Crippen molar-refractivity contribution in [2.75, 3.05) is 39.8 Å². The normalized spacial score (nSPS) is 20.0. The fraction of sp³-hybridized carbons (Fsp3) is 0.647. The summed E-state index contributed by atoms with van der Waals surface area (Å²) >= 11 is 0. The average Bonchev–Trinajstić information content (AvgIpc) is 2.50. The number of hydrogen-bond donors (Lipinski definition) is 1. The number of nitrogens with one attached hydrogen (secondary N) is 1. The summed E-state index contributed by atoms with van der Waals surface area (Å²) in [5.74, 6) is 1.77. The number of piperazine rings is 1. The standard InChI is InChI=1S/C17H26N2O2/c1-20-17-13-14(7-10-19-11-8-18-9-12-19)5-6-16(17)21-15-3-2-4-15/h5-6,13,15,18H,2-4,7-12H2,1H3. The highest BCUT2D eigenvalue weighted by atomic mass is 16.5. The quantitative estimate of drug-likeness (QED) is 0.870. The minimum atomic E-state index is 0.394. The van der Waals surface area contributed by atoms with Crippen LogP contribution in [-0.4, -0.2) is 50.8 Å². The van der Waals surface area contributed by atoms with Crippen LogP contribution in [0, 0.1) is 0 Å². The molecule has 0 amide bonds. The largest absolute Gasteiger partial charge is 0.493 e. The van der Waals surface area contributed by atoms with Crippen molar-refractivity contribution < 1.29 is 9.47 Å². The van der Waals surface area contributed by atoms with Crippen LogP contribution < -0.4 is 14.8 Å². The third kappa shape index (κ3) is 3.89. The van der Waals surface area contributed by atoms with E-state index in [1.54, 1.807) is 7.11 Å². The molecule has 2 fully saturated rings. The first-order chi connectivity index (χ1) is 10.3. The van der Waals surface area contributed by atoms with Crippen molar-refractivity contribution in [3.63, 3.8) is 0 Å². The zero-order valence-corrected chi connectivity index (χ0v) is 12.9. The molecular formula is C17H26N2O2. The van der Waals surface area contributed by atoms with Crippen LogP contribution in [-0.2, 0) is 6.42 Å². The summed E-state index contributed by atoms with van der Waals surface area (Å²) in [7, 11) is 1.73. The molecule has 0 aromatic heterocycles. The van der Waals surface area contributed by atoms with E-state index in [2.05, 4.69) is 28.4 Å². The van der Waals surface area contributed by atoms with E-state index in [0.717, 1.165) is 50.6 Å². The molecule has 1 aliphatic carbocycles. The summed E-state index contributed by atoms with van der Waals surface area (Å²) in [6.45, 7) is 5.64. The molecular weight excluding hydrogens is 264 g/mol. The maximum Gasteiger partial charge on any atom is 0.161 e. The Morgan fingerprint density at radius 2 is 2.00 bits per heavy atom. The van der Waals surface area contributed by atoms with E-state index in [9.17, 15) is 0 Å². The van der Waals surface area contributed by atoms with Crippen LogP contribution >= 0.6 is 0 Å². The van der Waals surface area contributed by atoms with Crippen molar-refractivity contribution in [2.45, 2.75) is 31.8 Å². The van der Waals surface area contributed by atoms with Crippen LogP contribution in [0.2, 0.25) is 0 Å². The summed E-state index contributed by atoms with van der Waals surface area (Å²) in [5, 5.41) is 3.39. The van der Waals surface area contributed by atoms with E-state index >= 15 is 0 Å². The van der Waals surface area contributed by atoms with E-state index in [-0.39, 0.29) is 0 Å². The predicted octanol–water partition coefficient (Wildman–Crippen LogP) is 2.07. The van der Waals surface area contributed by atoms with Gasteiger partial charge in [0.1, 0.15) is 0 Å². The zero-order chi connectivity index (χ0) is 14.5. The van der Waals surface area contributed by atoms with Crippen molar-refractivity contribution >= 4 is 0 Å². The molecule has 2 aliphatic rings. The average molecular weight is 290 g/mol. The lowest BCUT2D eigenvalue weighted by Gasteiger charge is -2.28. The van der Waals surface area contributed by atoms with Crippen molar-refractivity contribution in [3.05, 3.63) is 23.8 Å². The lowest BCUT2D eigenvalue weighted by molar-refractivity contribution is 0.116. The summed E-state index contributed by atoms with van der Waals surface area (Å²) in [5.41, 5.74) is 1.33. The highest BCUT2D eigenvalue weighted by Gasteiger charge is 2.20. The van der Waals surface area contributed by atoms with Crippen molar-refractivity contribution in [1.82, 2.24) is 10.2 Å². The summed E-state index contributed by atoms with van der Waals surface area (Å²) in [6, 6.07) is 6.39. The molecule has 21 heavy (non-hydrogen) atoms. The summed E-state index contributed by atoms with van der Waals surface area (Å²) < 4.78 is 11.5. The van der Waals surface area contributed by atoms with Gasteiger partial charge in [0, 0.05) is 32.7 Å². The Kier molecular flexibility index (Phi) is 4.99. The minimum Gasteiger partial charge on any atom is -0.493 e. The van der Waals surface area contributed by atoms with E-state index in [1.807, 2.05) is 0 Å². The molecule has 1 aliphatic heterocycles. The zero-order valence-electron chi connectivity index (χ0n) is 12.9. The molecule has 116 valence electrons. The van der Waals surface area contributed by atoms with Crippen LogP contribution in [0.5, 0.6) is 11.5 Å². The van der Waals surface area contributed by atoms with Gasteiger partial charge < -0.3 is 19.7 Å². The molecule has 3 rings (SSSR count). The topological polar surface area (TPSA) is 33.7 Å². The fourth-order valence-corrected chi connectivity index (χ4v) is 2.86. The van der Waals surface area contributed by atoms with Crippen molar-refractivity contribution in [2.24, 2.45) is 0 Å². The van der Waals surface area contributed by atoms with Gasteiger partial charge in [-0.2, -0.15) is 0 Å². The van der Waals surface area contributed by atoms with Gasteiger partial charge in [-0.05, 0) is 43.4 Å². The number of rotatable bonds is 6. The number of methoxy groups -OCH3 is 1. The molecule has 0 unspecified atom stereocenters. The highest BCUT2D eigenvalue weighted by Crippen LogP contribution is 2.33. The van der Waals surface area contributed by atoms with Gasteiger partial charge >= 0.3 is 0 Å². The number of nitrogens with zero attached hydrogens (tertiary/aromatic N) is 1. The van der Waals surface area contributed by atoms with E-state index in [4.69, 9.17) is 9.47 Å². The Labute approximate surface area is 127 Å². The van der Waals surface area contributed by atoms with Crippen LogP contribution in [0.15, 0.2) is 18.2 Å². The molecule has 1 saturated heterocycles. The molecule has 1 aromatic rings. The van der Waals surface area contributed by atoms with E-state index in [1.165, 1.54) is 24.8 Å². The van der Waals surface area contributed by atoms with E-state index < -0.39 is 0 Å². The molecule has 0 bridgehead atoms. The Balaban J connectivity index is 1.57. The van der Waals surface area contributed by atoms with Gasteiger partial charge in [0.25, 0.3) is 0 Å². The second-order valence-corrected chi connectivity index (χ2v) is 6.00. The van der Waals surface area contributed by atoms with Crippen LogP contribution in [0.4, 0.5) is 0 Å². The first-order valence-electron chi connectivity index (χ1n) is 8.12. The molecule has 1 aromatic carbocycles. The third-order valence-electron chi connectivity index (χ3n) is 4.50. The van der Waals surface area contributed by atoms with Gasteiger partial charge in [0.05, 0.1) is 13.2 Å². The maximum absolute atomic E-state index is 5.98. The van der Waals surface area contributed by atoms with Crippen LogP contribution in [0.25, 0.3) is 0 Å². The SMILES string of the molecule is COc1cc(CCN2CCNCC2)ccc1OC1CCC1. The highest BCUT2D eigenvalue weighted by molar-refractivity contribution is 5.43. The molecule has 4 heteroatoms.